The molecule has 2 saturated carbocycles. The Balaban J connectivity index is 1.64. The molecule has 0 spiro atoms. The maximum Gasteiger partial charge on any atom is 0.0895 e. The van der Waals surface area contributed by atoms with Gasteiger partial charge in [0.05, 0.1) is 31.6 Å². The van der Waals surface area contributed by atoms with E-state index in [1.54, 1.807) is 0 Å². The van der Waals surface area contributed by atoms with Gasteiger partial charge in [-0.25, -0.2) is 0 Å². The molecule has 0 aromatic heterocycles. The van der Waals surface area contributed by atoms with Crippen molar-refractivity contribution in [1.82, 2.24) is 5.32 Å². The molecule has 0 atom stereocenters. The van der Waals surface area contributed by atoms with Crippen LogP contribution < -0.4 is 5.32 Å². The van der Waals surface area contributed by atoms with Gasteiger partial charge in [0.2, 0.25) is 0 Å². The van der Waals surface area contributed by atoms with Crippen molar-refractivity contribution in [3.05, 3.63) is 6.42 Å². The van der Waals surface area contributed by atoms with E-state index in [0.717, 1.165) is 0 Å². The van der Waals surface area contributed by atoms with E-state index in [-0.39, 0.29) is 0 Å². The molecular formula is C13H23N2+. The first-order valence-corrected chi connectivity index (χ1v) is 6.54. The molecular weight excluding hydrogens is 184 g/mol. The Morgan fingerprint density at radius 3 is 2.47 bits per heavy atom. The Morgan fingerprint density at radius 2 is 1.73 bits per heavy atom. The van der Waals surface area contributed by atoms with Crippen LogP contribution in [0.2, 0.25) is 0 Å². The van der Waals surface area contributed by atoms with Crippen LogP contribution >= 0.6 is 0 Å². The molecule has 0 aromatic rings. The summed E-state index contributed by atoms with van der Waals surface area (Å²) in [6.07, 6.45) is 16.3. The highest BCUT2D eigenvalue weighted by atomic mass is 15.0. The zero-order chi connectivity index (χ0) is 10.3. The van der Waals surface area contributed by atoms with Crippen molar-refractivity contribution in [1.29, 1.82) is 0 Å². The van der Waals surface area contributed by atoms with Gasteiger partial charge in [-0.05, 0) is 12.8 Å². The summed E-state index contributed by atoms with van der Waals surface area (Å²) in [5.41, 5.74) is 0. The van der Waals surface area contributed by atoms with Crippen LogP contribution in [0.25, 0.3) is 0 Å². The molecule has 2 heteroatoms. The minimum Gasteiger partial charge on any atom is -0.373 e. The fourth-order valence-corrected chi connectivity index (χ4v) is 2.58. The number of nitrogens with zero attached hydrogens (tertiary/aromatic N) is 1. The SMILES string of the molecule is C(=NC1CCCCC1)NC1CC[CH+]CC1. The van der Waals surface area contributed by atoms with E-state index in [9.17, 15) is 0 Å². The second kappa shape index (κ2) is 6.04. The molecule has 2 nitrogen and oxygen atoms in total. The lowest BCUT2D eigenvalue weighted by molar-refractivity contribution is 0.439. The van der Waals surface area contributed by atoms with Crippen LogP contribution in [0.4, 0.5) is 0 Å². The van der Waals surface area contributed by atoms with Crippen molar-refractivity contribution in [2.75, 3.05) is 0 Å². The Labute approximate surface area is 93.6 Å². The first-order chi connectivity index (χ1) is 7.45. The van der Waals surface area contributed by atoms with E-state index in [4.69, 9.17) is 0 Å². The number of aliphatic imine (C=N–C) groups is 1. The van der Waals surface area contributed by atoms with Gasteiger partial charge in [0.25, 0.3) is 0 Å². The van der Waals surface area contributed by atoms with E-state index in [1.165, 1.54) is 57.8 Å². The molecule has 0 heterocycles. The minimum atomic E-state index is 0.612. The third kappa shape index (κ3) is 3.77. The number of hydrogen-bond acceptors (Lipinski definition) is 1. The highest BCUT2D eigenvalue weighted by molar-refractivity contribution is 5.55. The second-order valence-electron chi connectivity index (χ2n) is 4.88. The predicted molar refractivity (Wildman–Crippen MR) is 65.1 cm³/mol. The Kier molecular flexibility index (Phi) is 4.37. The summed E-state index contributed by atoms with van der Waals surface area (Å²) in [7, 11) is 0. The van der Waals surface area contributed by atoms with Crippen molar-refractivity contribution in [2.24, 2.45) is 4.99 Å². The molecule has 0 unspecified atom stereocenters. The summed E-state index contributed by atoms with van der Waals surface area (Å²) in [4.78, 5) is 4.63. The van der Waals surface area contributed by atoms with Crippen LogP contribution in [-0.2, 0) is 0 Å². The first-order valence-electron chi connectivity index (χ1n) is 6.54. The van der Waals surface area contributed by atoms with Crippen LogP contribution in [0.1, 0.15) is 57.8 Å². The third-order valence-electron chi connectivity index (χ3n) is 3.61. The maximum absolute atomic E-state index is 4.63. The number of nitrogens with one attached hydrogen (secondary N) is 1. The van der Waals surface area contributed by atoms with Crippen LogP contribution in [0.15, 0.2) is 4.99 Å². The van der Waals surface area contributed by atoms with Gasteiger partial charge in [-0.15, -0.1) is 0 Å². The van der Waals surface area contributed by atoms with Crippen LogP contribution in [-0.4, -0.2) is 18.4 Å². The largest absolute Gasteiger partial charge is 0.373 e. The molecule has 84 valence electrons. The molecule has 2 rings (SSSR count). The van der Waals surface area contributed by atoms with Crippen molar-refractivity contribution < 1.29 is 0 Å². The lowest BCUT2D eigenvalue weighted by atomic mass is 9.95. The zero-order valence-corrected chi connectivity index (χ0v) is 9.62. The van der Waals surface area contributed by atoms with Gasteiger partial charge in [0.15, 0.2) is 0 Å². The van der Waals surface area contributed by atoms with Gasteiger partial charge < -0.3 is 5.32 Å². The van der Waals surface area contributed by atoms with E-state index in [2.05, 4.69) is 16.7 Å². The Morgan fingerprint density at radius 1 is 1.00 bits per heavy atom. The molecule has 0 bridgehead atoms. The molecule has 0 saturated heterocycles. The summed E-state index contributed by atoms with van der Waals surface area (Å²) in [5.74, 6) is 0. The van der Waals surface area contributed by atoms with Crippen molar-refractivity contribution in [2.45, 2.75) is 69.9 Å². The van der Waals surface area contributed by atoms with E-state index in [0.29, 0.717) is 12.1 Å². The van der Waals surface area contributed by atoms with E-state index >= 15 is 0 Å². The average molecular weight is 207 g/mol. The predicted octanol–water partition coefficient (Wildman–Crippen LogP) is 3.08. The monoisotopic (exact) mass is 207 g/mol. The van der Waals surface area contributed by atoms with Crippen LogP contribution in [0.5, 0.6) is 0 Å². The fourth-order valence-electron chi connectivity index (χ4n) is 2.58. The molecule has 0 radical (unpaired) electrons. The Hall–Kier alpha value is -0.660. The smallest absolute Gasteiger partial charge is 0.0895 e. The van der Waals surface area contributed by atoms with Crippen molar-refractivity contribution in [3.8, 4) is 0 Å². The molecule has 2 fully saturated rings. The van der Waals surface area contributed by atoms with E-state index in [1.807, 2.05) is 6.34 Å². The summed E-state index contributed by atoms with van der Waals surface area (Å²) >= 11 is 0. The molecule has 1 N–H and O–H groups in total. The lowest BCUT2D eigenvalue weighted by Crippen LogP contribution is -2.30. The summed E-state index contributed by atoms with van der Waals surface area (Å²) < 4.78 is 0. The second-order valence-corrected chi connectivity index (χ2v) is 4.88. The minimum absolute atomic E-state index is 0.612. The Bertz CT molecular complexity index is 189. The van der Waals surface area contributed by atoms with Gasteiger partial charge in [-0.2, -0.15) is 0 Å². The van der Waals surface area contributed by atoms with Gasteiger partial charge in [-0.1, -0.05) is 19.3 Å². The molecule has 2 aliphatic rings. The molecule has 15 heavy (non-hydrogen) atoms. The van der Waals surface area contributed by atoms with Gasteiger partial charge >= 0.3 is 0 Å². The average Bonchev–Trinajstić information content (AvgIpc) is 2.32. The highest BCUT2D eigenvalue weighted by Crippen LogP contribution is 2.20. The highest BCUT2D eigenvalue weighted by Gasteiger charge is 2.17. The van der Waals surface area contributed by atoms with Crippen molar-refractivity contribution >= 4 is 6.34 Å². The van der Waals surface area contributed by atoms with Gasteiger partial charge in [0, 0.05) is 18.9 Å². The topological polar surface area (TPSA) is 24.4 Å². The quantitative estimate of drug-likeness (QED) is 0.429. The number of hydrogen-bond donors (Lipinski definition) is 1. The molecule has 0 aliphatic heterocycles. The standard InChI is InChI=1S/C13H23N2/c1-3-7-12(8-4-1)14-11-15-13-9-5-2-6-10-13/h1,11-13H,2-10H2,(H,14,15)/q+1. The summed E-state index contributed by atoms with van der Waals surface area (Å²) in [5, 5.41) is 3.46. The lowest BCUT2D eigenvalue weighted by Gasteiger charge is -2.19. The normalized spacial score (nSPS) is 25.3. The fraction of sp³-hybridized carbons (Fsp3) is 0.846. The van der Waals surface area contributed by atoms with Gasteiger partial charge in [-0.3, -0.25) is 4.99 Å². The summed E-state index contributed by atoms with van der Waals surface area (Å²) in [6, 6.07) is 1.30. The van der Waals surface area contributed by atoms with Crippen molar-refractivity contribution in [3.63, 3.8) is 0 Å². The molecule has 0 amide bonds. The van der Waals surface area contributed by atoms with Crippen LogP contribution in [0.3, 0.4) is 0 Å². The molecule has 2 aliphatic carbocycles. The summed E-state index contributed by atoms with van der Waals surface area (Å²) in [6.45, 7) is 0. The zero-order valence-electron chi connectivity index (χ0n) is 9.62. The number of rotatable bonds is 3. The van der Waals surface area contributed by atoms with Gasteiger partial charge in [0.1, 0.15) is 0 Å². The van der Waals surface area contributed by atoms with Crippen LogP contribution in [0, 0.1) is 6.42 Å². The third-order valence-corrected chi connectivity index (χ3v) is 3.61. The maximum atomic E-state index is 4.63. The van der Waals surface area contributed by atoms with E-state index < -0.39 is 0 Å². The molecule has 0 aromatic carbocycles. The first kappa shape index (κ1) is 10.8.